The standard InChI is InChI=1S/C11H15BrFN/c1-7(2)8(3)14-11-6-9(13)4-5-10(11)12/h4-8,14H,1-3H3. The van der Waals surface area contributed by atoms with E-state index in [4.69, 9.17) is 0 Å². The Hall–Kier alpha value is -0.570. The number of rotatable bonds is 3. The largest absolute Gasteiger partial charge is 0.381 e. The molecule has 0 radical (unpaired) electrons. The molecule has 1 aromatic rings. The maximum atomic E-state index is 12.9. The zero-order valence-corrected chi connectivity index (χ0v) is 10.2. The first-order valence-corrected chi connectivity index (χ1v) is 5.51. The van der Waals surface area contributed by atoms with Crippen LogP contribution >= 0.6 is 15.9 Å². The van der Waals surface area contributed by atoms with E-state index in [-0.39, 0.29) is 5.82 Å². The molecule has 1 atom stereocenters. The molecule has 3 heteroatoms. The van der Waals surface area contributed by atoms with Crippen molar-refractivity contribution in [3.8, 4) is 0 Å². The third-order valence-electron chi connectivity index (χ3n) is 2.31. The van der Waals surface area contributed by atoms with E-state index in [9.17, 15) is 4.39 Å². The fraction of sp³-hybridized carbons (Fsp3) is 0.455. The van der Waals surface area contributed by atoms with Crippen LogP contribution in [0.15, 0.2) is 22.7 Å². The lowest BCUT2D eigenvalue weighted by Gasteiger charge is -2.19. The molecule has 1 unspecified atom stereocenters. The zero-order chi connectivity index (χ0) is 10.7. The molecule has 78 valence electrons. The molecule has 0 saturated carbocycles. The monoisotopic (exact) mass is 259 g/mol. The number of nitrogens with one attached hydrogen (secondary N) is 1. The molecule has 0 aliphatic rings. The molecule has 0 aromatic heterocycles. The van der Waals surface area contributed by atoms with Crippen molar-refractivity contribution in [2.45, 2.75) is 26.8 Å². The van der Waals surface area contributed by atoms with Crippen LogP contribution in [0.3, 0.4) is 0 Å². The topological polar surface area (TPSA) is 12.0 Å². The average molecular weight is 260 g/mol. The highest BCUT2D eigenvalue weighted by molar-refractivity contribution is 9.10. The molecule has 0 bridgehead atoms. The molecule has 0 spiro atoms. The zero-order valence-electron chi connectivity index (χ0n) is 8.64. The Morgan fingerprint density at radius 3 is 2.50 bits per heavy atom. The van der Waals surface area contributed by atoms with Crippen LogP contribution in [-0.2, 0) is 0 Å². The molecule has 0 amide bonds. The van der Waals surface area contributed by atoms with Crippen molar-refractivity contribution in [1.29, 1.82) is 0 Å². The predicted octanol–water partition coefficient (Wildman–Crippen LogP) is 4.04. The van der Waals surface area contributed by atoms with E-state index in [2.05, 4.69) is 42.0 Å². The maximum absolute atomic E-state index is 12.9. The van der Waals surface area contributed by atoms with E-state index in [1.54, 1.807) is 6.07 Å². The third kappa shape index (κ3) is 2.98. The summed E-state index contributed by atoms with van der Waals surface area (Å²) in [4.78, 5) is 0. The van der Waals surface area contributed by atoms with E-state index in [1.807, 2.05) is 0 Å². The minimum atomic E-state index is -0.216. The Labute approximate surface area is 92.8 Å². The van der Waals surface area contributed by atoms with E-state index in [0.29, 0.717) is 12.0 Å². The molecule has 0 aliphatic heterocycles. The molecule has 0 saturated heterocycles. The Kier molecular flexibility index (Phi) is 3.93. The Bertz CT molecular complexity index is 312. The van der Waals surface area contributed by atoms with Crippen molar-refractivity contribution in [2.24, 2.45) is 5.92 Å². The fourth-order valence-corrected chi connectivity index (χ4v) is 1.38. The summed E-state index contributed by atoms with van der Waals surface area (Å²) in [6, 6.07) is 4.98. The number of benzene rings is 1. The SMILES string of the molecule is CC(C)C(C)Nc1cc(F)ccc1Br. The van der Waals surface area contributed by atoms with Crippen LogP contribution in [0, 0.1) is 11.7 Å². The van der Waals surface area contributed by atoms with Gasteiger partial charge in [-0.15, -0.1) is 0 Å². The van der Waals surface area contributed by atoms with Crippen molar-refractivity contribution in [1.82, 2.24) is 0 Å². The summed E-state index contributed by atoms with van der Waals surface area (Å²) in [5.41, 5.74) is 0.811. The van der Waals surface area contributed by atoms with Crippen LogP contribution in [0.25, 0.3) is 0 Å². The van der Waals surface area contributed by atoms with Crippen LogP contribution in [0.5, 0.6) is 0 Å². The summed E-state index contributed by atoms with van der Waals surface area (Å²) in [7, 11) is 0. The normalized spacial score (nSPS) is 13.0. The molecule has 14 heavy (non-hydrogen) atoms. The second-order valence-electron chi connectivity index (χ2n) is 3.80. The molecule has 1 N–H and O–H groups in total. The molecule has 0 fully saturated rings. The van der Waals surface area contributed by atoms with Crippen LogP contribution < -0.4 is 5.32 Å². The van der Waals surface area contributed by atoms with E-state index >= 15 is 0 Å². The minimum absolute atomic E-state index is 0.216. The van der Waals surface area contributed by atoms with Gasteiger partial charge in [0.1, 0.15) is 5.82 Å². The molecule has 1 aromatic carbocycles. The van der Waals surface area contributed by atoms with E-state index in [0.717, 1.165) is 10.2 Å². The van der Waals surface area contributed by atoms with Gasteiger partial charge in [0.2, 0.25) is 0 Å². The molecule has 0 heterocycles. The lowest BCUT2D eigenvalue weighted by atomic mass is 10.1. The van der Waals surface area contributed by atoms with Gasteiger partial charge >= 0.3 is 0 Å². The maximum Gasteiger partial charge on any atom is 0.125 e. The van der Waals surface area contributed by atoms with Gasteiger partial charge in [-0.3, -0.25) is 0 Å². The Morgan fingerprint density at radius 2 is 1.93 bits per heavy atom. The molecular weight excluding hydrogens is 245 g/mol. The average Bonchev–Trinajstić information content (AvgIpc) is 2.11. The van der Waals surface area contributed by atoms with Crippen molar-refractivity contribution in [3.05, 3.63) is 28.5 Å². The Morgan fingerprint density at radius 1 is 1.29 bits per heavy atom. The minimum Gasteiger partial charge on any atom is -0.381 e. The summed E-state index contributed by atoms with van der Waals surface area (Å²) >= 11 is 3.38. The second kappa shape index (κ2) is 4.78. The smallest absolute Gasteiger partial charge is 0.125 e. The summed E-state index contributed by atoms with van der Waals surface area (Å²) in [6.07, 6.45) is 0. The van der Waals surface area contributed by atoms with Gasteiger partial charge in [-0.25, -0.2) is 4.39 Å². The van der Waals surface area contributed by atoms with Gasteiger partial charge in [-0.1, -0.05) is 13.8 Å². The summed E-state index contributed by atoms with van der Waals surface area (Å²) in [6.45, 7) is 6.34. The predicted molar refractivity (Wildman–Crippen MR) is 62.0 cm³/mol. The highest BCUT2D eigenvalue weighted by Gasteiger charge is 2.09. The first-order valence-electron chi connectivity index (χ1n) is 4.72. The number of halogens is 2. The Balaban J connectivity index is 2.80. The van der Waals surface area contributed by atoms with Gasteiger partial charge in [-0.2, -0.15) is 0 Å². The quantitative estimate of drug-likeness (QED) is 0.864. The first kappa shape index (κ1) is 11.5. The summed E-state index contributed by atoms with van der Waals surface area (Å²) in [5.74, 6) is 0.303. The fourth-order valence-electron chi connectivity index (χ4n) is 1.02. The van der Waals surface area contributed by atoms with Gasteiger partial charge in [0.15, 0.2) is 0 Å². The van der Waals surface area contributed by atoms with E-state index in [1.165, 1.54) is 12.1 Å². The molecule has 0 aliphatic carbocycles. The van der Waals surface area contributed by atoms with Crippen LogP contribution in [0.4, 0.5) is 10.1 Å². The van der Waals surface area contributed by atoms with Gasteiger partial charge in [0, 0.05) is 10.5 Å². The lowest BCUT2D eigenvalue weighted by Crippen LogP contribution is -2.21. The number of anilines is 1. The molecular formula is C11H15BrFN. The summed E-state index contributed by atoms with van der Waals surface area (Å²) in [5, 5.41) is 3.26. The molecule has 1 nitrogen and oxygen atoms in total. The van der Waals surface area contributed by atoms with Crippen molar-refractivity contribution >= 4 is 21.6 Å². The first-order chi connectivity index (χ1) is 6.50. The van der Waals surface area contributed by atoms with E-state index < -0.39 is 0 Å². The highest BCUT2D eigenvalue weighted by Crippen LogP contribution is 2.24. The van der Waals surface area contributed by atoms with Gasteiger partial charge in [-0.05, 0) is 47.0 Å². The summed E-state index contributed by atoms with van der Waals surface area (Å²) < 4.78 is 13.8. The second-order valence-corrected chi connectivity index (χ2v) is 4.66. The van der Waals surface area contributed by atoms with Gasteiger partial charge < -0.3 is 5.32 Å². The van der Waals surface area contributed by atoms with Crippen molar-refractivity contribution in [2.75, 3.05) is 5.32 Å². The van der Waals surface area contributed by atoms with Gasteiger partial charge in [0.05, 0.1) is 5.69 Å². The lowest BCUT2D eigenvalue weighted by molar-refractivity contribution is 0.558. The van der Waals surface area contributed by atoms with Crippen LogP contribution in [0.1, 0.15) is 20.8 Å². The van der Waals surface area contributed by atoms with Crippen molar-refractivity contribution in [3.63, 3.8) is 0 Å². The van der Waals surface area contributed by atoms with Gasteiger partial charge in [0.25, 0.3) is 0 Å². The number of hydrogen-bond acceptors (Lipinski definition) is 1. The highest BCUT2D eigenvalue weighted by atomic mass is 79.9. The van der Waals surface area contributed by atoms with Crippen LogP contribution in [-0.4, -0.2) is 6.04 Å². The van der Waals surface area contributed by atoms with Crippen molar-refractivity contribution < 1.29 is 4.39 Å². The number of hydrogen-bond donors (Lipinski definition) is 1. The molecule has 1 rings (SSSR count). The van der Waals surface area contributed by atoms with Crippen LogP contribution in [0.2, 0.25) is 0 Å². The third-order valence-corrected chi connectivity index (χ3v) is 3.00.